The van der Waals surface area contributed by atoms with Crippen LogP contribution in [-0.4, -0.2) is 37.0 Å². The summed E-state index contributed by atoms with van der Waals surface area (Å²) < 4.78 is 38.3. The topological polar surface area (TPSA) is 74.2 Å². The summed E-state index contributed by atoms with van der Waals surface area (Å²) in [6.45, 7) is 8.30. The molecule has 0 fully saturated rings. The molecule has 1 N–H and O–H groups in total. The number of aliphatic hydroxyl groups is 1. The number of fused-ring (bicyclic) bond motifs is 2. The highest BCUT2D eigenvalue weighted by Crippen LogP contribution is 2.47. The van der Waals surface area contributed by atoms with Gasteiger partial charge in [0.1, 0.15) is 29.2 Å². The van der Waals surface area contributed by atoms with Crippen LogP contribution in [0.15, 0.2) is 36.4 Å². The largest absolute Gasteiger partial charge is 0.493 e. The van der Waals surface area contributed by atoms with Gasteiger partial charge in [-0.05, 0) is 87.1 Å². The van der Waals surface area contributed by atoms with Crippen LogP contribution in [0.3, 0.4) is 0 Å². The van der Waals surface area contributed by atoms with Gasteiger partial charge in [0.25, 0.3) is 0 Å². The first kappa shape index (κ1) is 29.2. The van der Waals surface area contributed by atoms with Crippen LogP contribution >= 0.6 is 11.6 Å². The molecular formula is C33H36ClFO6. The summed E-state index contributed by atoms with van der Waals surface area (Å²) >= 11 is 6.71. The minimum atomic E-state index is -0.801. The molecule has 0 saturated carbocycles. The highest BCUT2D eigenvalue weighted by atomic mass is 35.5. The van der Waals surface area contributed by atoms with Crippen LogP contribution in [0.5, 0.6) is 17.2 Å². The van der Waals surface area contributed by atoms with Gasteiger partial charge in [0.2, 0.25) is 0 Å². The first-order valence-corrected chi connectivity index (χ1v) is 14.3. The number of methoxy groups -OCH3 is 1. The standard InChI is InChI=1S/C33H36ClFO6/c1-18-12-22(39-11-10-33(3,4)37)13-19(2)30(18)31-24-8-9-27(32(24)26(35)16-25(31)34)41-21-6-7-23-20(14-29(36)38-5)17-40-28(23)15-21/h6-7,12-13,15-16,20,27,37H,8-11,14,17H2,1-5H3. The molecule has 8 heteroatoms. The number of hydrogen-bond donors (Lipinski definition) is 1. The van der Waals surface area contributed by atoms with Crippen molar-refractivity contribution in [2.75, 3.05) is 20.3 Å². The molecule has 0 bridgehead atoms. The number of halogens is 2. The molecule has 2 unspecified atom stereocenters. The lowest BCUT2D eigenvalue weighted by atomic mass is 9.90. The van der Waals surface area contributed by atoms with Gasteiger partial charge in [0.05, 0.1) is 37.4 Å². The van der Waals surface area contributed by atoms with Crippen molar-refractivity contribution in [3.63, 3.8) is 0 Å². The number of benzene rings is 3. The lowest BCUT2D eigenvalue weighted by Crippen LogP contribution is -2.21. The van der Waals surface area contributed by atoms with E-state index in [1.165, 1.54) is 13.2 Å². The molecule has 2 atom stereocenters. The quantitative estimate of drug-likeness (QED) is 0.265. The second-order valence-electron chi connectivity index (χ2n) is 11.6. The Labute approximate surface area is 245 Å². The fourth-order valence-electron chi connectivity index (χ4n) is 5.87. The lowest BCUT2D eigenvalue weighted by Gasteiger charge is -2.21. The molecule has 5 rings (SSSR count). The van der Waals surface area contributed by atoms with Gasteiger partial charge in [0.15, 0.2) is 0 Å². The number of carbonyl (C=O) groups excluding carboxylic acids is 1. The van der Waals surface area contributed by atoms with E-state index in [2.05, 4.69) is 0 Å². The normalized spacial score (nSPS) is 17.6. The molecule has 0 spiro atoms. The Bertz CT molecular complexity index is 1450. The highest BCUT2D eigenvalue weighted by molar-refractivity contribution is 6.33. The predicted octanol–water partition coefficient (Wildman–Crippen LogP) is 7.41. The Balaban J connectivity index is 1.41. The Morgan fingerprint density at radius 2 is 1.85 bits per heavy atom. The van der Waals surface area contributed by atoms with Crippen molar-refractivity contribution >= 4 is 17.6 Å². The van der Waals surface area contributed by atoms with Gasteiger partial charge in [-0.25, -0.2) is 4.39 Å². The van der Waals surface area contributed by atoms with Crippen LogP contribution in [0.4, 0.5) is 4.39 Å². The van der Waals surface area contributed by atoms with E-state index in [-0.39, 0.29) is 24.1 Å². The van der Waals surface area contributed by atoms with Crippen molar-refractivity contribution in [2.45, 2.75) is 71.0 Å². The second kappa shape index (κ2) is 11.5. The number of ether oxygens (including phenoxy) is 4. The number of rotatable bonds is 9. The van der Waals surface area contributed by atoms with Crippen LogP contribution in [0.2, 0.25) is 5.02 Å². The van der Waals surface area contributed by atoms with Crippen molar-refractivity contribution < 1.29 is 33.2 Å². The van der Waals surface area contributed by atoms with E-state index in [0.29, 0.717) is 54.6 Å². The van der Waals surface area contributed by atoms with Crippen LogP contribution in [0, 0.1) is 19.7 Å². The molecule has 2 aliphatic rings. The lowest BCUT2D eigenvalue weighted by molar-refractivity contribution is -0.141. The van der Waals surface area contributed by atoms with Gasteiger partial charge in [-0.2, -0.15) is 0 Å². The summed E-state index contributed by atoms with van der Waals surface area (Å²) in [5.74, 6) is 1.24. The predicted molar refractivity (Wildman–Crippen MR) is 156 cm³/mol. The first-order chi connectivity index (χ1) is 19.4. The van der Waals surface area contributed by atoms with E-state index in [1.54, 1.807) is 13.8 Å². The molecule has 0 radical (unpaired) electrons. The van der Waals surface area contributed by atoms with Crippen LogP contribution in [0.1, 0.15) is 72.9 Å². The third kappa shape index (κ3) is 6.16. The second-order valence-corrected chi connectivity index (χ2v) is 12.0. The summed E-state index contributed by atoms with van der Waals surface area (Å²) in [5, 5.41) is 10.4. The molecule has 6 nitrogen and oxygen atoms in total. The Morgan fingerprint density at radius 3 is 2.54 bits per heavy atom. The van der Waals surface area contributed by atoms with Gasteiger partial charge >= 0.3 is 5.97 Å². The molecule has 41 heavy (non-hydrogen) atoms. The Morgan fingerprint density at radius 1 is 1.12 bits per heavy atom. The fourth-order valence-corrected chi connectivity index (χ4v) is 6.17. The third-order valence-electron chi connectivity index (χ3n) is 7.88. The molecule has 218 valence electrons. The third-order valence-corrected chi connectivity index (χ3v) is 8.18. The molecule has 0 saturated heterocycles. The van der Waals surface area contributed by atoms with Gasteiger partial charge < -0.3 is 24.1 Å². The smallest absolute Gasteiger partial charge is 0.306 e. The highest BCUT2D eigenvalue weighted by Gasteiger charge is 2.33. The number of carbonyl (C=O) groups is 1. The zero-order valence-corrected chi connectivity index (χ0v) is 24.9. The molecule has 1 aliphatic carbocycles. The molecule has 1 aliphatic heterocycles. The SMILES string of the molecule is COC(=O)CC1COc2cc(OC3CCc4c(-c5c(C)cc(OCCC(C)(C)O)cc5C)c(Cl)cc(F)c43)ccc21. The van der Waals surface area contributed by atoms with E-state index in [9.17, 15) is 9.90 Å². The van der Waals surface area contributed by atoms with Gasteiger partial charge in [-0.3, -0.25) is 4.79 Å². The minimum absolute atomic E-state index is 0.0642. The zero-order valence-electron chi connectivity index (χ0n) is 24.1. The van der Waals surface area contributed by atoms with Gasteiger partial charge in [-0.1, -0.05) is 17.7 Å². The number of aryl methyl sites for hydroxylation is 2. The van der Waals surface area contributed by atoms with Crippen LogP contribution in [-0.2, 0) is 16.0 Å². The van der Waals surface area contributed by atoms with Gasteiger partial charge in [0, 0.05) is 35.1 Å². The summed E-state index contributed by atoms with van der Waals surface area (Å²) in [6, 6.07) is 10.9. The maximum absolute atomic E-state index is 15.5. The summed E-state index contributed by atoms with van der Waals surface area (Å²) in [6.07, 6.45) is 1.52. The summed E-state index contributed by atoms with van der Waals surface area (Å²) in [5.41, 5.74) is 5.26. The molecule has 1 heterocycles. The molecule has 0 aromatic heterocycles. The molecule has 0 amide bonds. The van der Waals surface area contributed by atoms with Crippen molar-refractivity contribution in [1.29, 1.82) is 0 Å². The minimum Gasteiger partial charge on any atom is -0.493 e. The monoisotopic (exact) mass is 582 g/mol. The maximum Gasteiger partial charge on any atom is 0.306 e. The van der Waals surface area contributed by atoms with E-state index in [4.69, 9.17) is 30.5 Å². The molecular weight excluding hydrogens is 547 g/mol. The number of esters is 1. The maximum atomic E-state index is 15.5. The summed E-state index contributed by atoms with van der Waals surface area (Å²) in [4.78, 5) is 11.7. The molecule has 3 aromatic rings. The molecule has 3 aromatic carbocycles. The van der Waals surface area contributed by atoms with Crippen LogP contribution in [0.25, 0.3) is 11.1 Å². The van der Waals surface area contributed by atoms with Crippen molar-refractivity contribution in [3.8, 4) is 28.4 Å². The average molecular weight is 583 g/mol. The fraction of sp³-hybridized carbons (Fsp3) is 0.424. The Kier molecular flexibility index (Phi) is 8.22. The van der Waals surface area contributed by atoms with Crippen LogP contribution < -0.4 is 14.2 Å². The Hall–Kier alpha value is -3.29. The average Bonchev–Trinajstić information content (AvgIpc) is 3.49. The van der Waals surface area contributed by atoms with Crippen molar-refractivity contribution in [2.24, 2.45) is 0 Å². The van der Waals surface area contributed by atoms with E-state index >= 15 is 4.39 Å². The van der Waals surface area contributed by atoms with E-state index < -0.39 is 11.7 Å². The van der Waals surface area contributed by atoms with Crippen molar-refractivity contribution in [1.82, 2.24) is 0 Å². The number of hydrogen-bond acceptors (Lipinski definition) is 6. The van der Waals surface area contributed by atoms with E-state index in [0.717, 1.165) is 39.1 Å². The van der Waals surface area contributed by atoms with E-state index in [1.807, 2.05) is 44.2 Å². The first-order valence-electron chi connectivity index (χ1n) is 13.9. The van der Waals surface area contributed by atoms with Gasteiger partial charge in [-0.15, -0.1) is 0 Å². The summed E-state index contributed by atoms with van der Waals surface area (Å²) in [7, 11) is 1.38. The zero-order chi connectivity index (χ0) is 29.5. The van der Waals surface area contributed by atoms with Crippen molar-refractivity contribution in [3.05, 3.63) is 75.1 Å².